The van der Waals surface area contributed by atoms with E-state index in [1.54, 1.807) is 0 Å². The van der Waals surface area contributed by atoms with Gasteiger partial charge in [-0.05, 0) is 19.8 Å². The van der Waals surface area contributed by atoms with E-state index in [0.717, 1.165) is 6.42 Å². The molecule has 3 unspecified atom stereocenters. The van der Waals surface area contributed by atoms with E-state index in [4.69, 9.17) is 4.74 Å². The van der Waals surface area contributed by atoms with Crippen molar-refractivity contribution >= 4 is 11.9 Å². The summed E-state index contributed by atoms with van der Waals surface area (Å²) in [6.07, 6.45) is 0.657. The second kappa shape index (κ2) is 4.95. The van der Waals surface area contributed by atoms with E-state index in [2.05, 4.69) is 4.74 Å². The average molecular weight is 299 g/mol. The van der Waals surface area contributed by atoms with Crippen LogP contribution in [-0.4, -0.2) is 53.0 Å². The predicted octanol–water partition coefficient (Wildman–Crippen LogP) is 1.06. The molecule has 2 fully saturated rings. The standard InChI is InChI=1S/C15H25NO5/c1-13(2,3)11-16-8-6-7-15(16,12(18)21-11)14(4,19)9-10(17)20-5/h11,19H,6-9H2,1-5H3. The third-order valence-corrected chi connectivity index (χ3v) is 4.62. The molecule has 2 aliphatic heterocycles. The number of nitrogens with zero attached hydrogens (tertiary/aromatic N) is 1. The highest BCUT2D eigenvalue weighted by Gasteiger charge is 2.68. The van der Waals surface area contributed by atoms with Crippen molar-refractivity contribution in [2.75, 3.05) is 13.7 Å². The van der Waals surface area contributed by atoms with Crippen molar-refractivity contribution in [2.24, 2.45) is 5.41 Å². The van der Waals surface area contributed by atoms with Crippen LogP contribution in [0.2, 0.25) is 0 Å². The second-order valence-electron chi connectivity index (χ2n) is 7.31. The summed E-state index contributed by atoms with van der Waals surface area (Å²) in [7, 11) is 1.27. The van der Waals surface area contributed by atoms with Gasteiger partial charge in [0.2, 0.25) is 0 Å². The first-order chi connectivity index (χ1) is 9.56. The largest absolute Gasteiger partial charge is 0.469 e. The summed E-state index contributed by atoms with van der Waals surface area (Å²) in [5.41, 5.74) is -2.93. The fourth-order valence-corrected chi connectivity index (χ4v) is 3.58. The SMILES string of the molecule is COC(=O)CC(C)(O)C12CCCN1C(C(C)(C)C)OC2=O. The van der Waals surface area contributed by atoms with E-state index in [1.807, 2.05) is 25.7 Å². The highest BCUT2D eigenvalue weighted by atomic mass is 16.6. The maximum atomic E-state index is 12.6. The topological polar surface area (TPSA) is 76.1 Å². The Labute approximate surface area is 125 Å². The molecule has 0 saturated carbocycles. The lowest BCUT2D eigenvalue weighted by atomic mass is 9.76. The summed E-state index contributed by atoms with van der Waals surface area (Å²) in [6, 6.07) is 0. The van der Waals surface area contributed by atoms with Crippen molar-refractivity contribution in [1.82, 2.24) is 4.90 Å². The monoisotopic (exact) mass is 299 g/mol. The molecule has 0 amide bonds. The lowest BCUT2D eigenvalue weighted by Crippen LogP contribution is -2.63. The lowest BCUT2D eigenvalue weighted by Gasteiger charge is -2.42. The van der Waals surface area contributed by atoms with Crippen LogP contribution in [-0.2, 0) is 19.1 Å². The molecule has 6 nitrogen and oxygen atoms in total. The van der Waals surface area contributed by atoms with E-state index in [0.29, 0.717) is 13.0 Å². The van der Waals surface area contributed by atoms with E-state index in [9.17, 15) is 14.7 Å². The molecule has 0 spiro atoms. The summed E-state index contributed by atoms with van der Waals surface area (Å²) in [6.45, 7) is 8.18. The normalized spacial score (nSPS) is 32.5. The Kier molecular flexibility index (Phi) is 3.83. The third-order valence-electron chi connectivity index (χ3n) is 4.62. The maximum Gasteiger partial charge on any atom is 0.331 e. The van der Waals surface area contributed by atoms with Crippen LogP contribution in [0.15, 0.2) is 0 Å². The zero-order chi connectivity index (χ0) is 16.1. The molecule has 21 heavy (non-hydrogen) atoms. The molecule has 2 saturated heterocycles. The number of hydrogen-bond donors (Lipinski definition) is 1. The Morgan fingerprint density at radius 1 is 1.48 bits per heavy atom. The summed E-state index contributed by atoms with van der Waals surface area (Å²) < 4.78 is 10.2. The second-order valence-corrected chi connectivity index (χ2v) is 7.31. The molecule has 2 aliphatic rings. The van der Waals surface area contributed by atoms with Crippen molar-refractivity contribution in [3.63, 3.8) is 0 Å². The van der Waals surface area contributed by atoms with Crippen LogP contribution >= 0.6 is 0 Å². The van der Waals surface area contributed by atoms with Crippen molar-refractivity contribution in [2.45, 2.75) is 64.3 Å². The summed E-state index contributed by atoms with van der Waals surface area (Å²) in [5, 5.41) is 10.9. The molecule has 6 heteroatoms. The molecule has 0 radical (unpaired) electrons. The Bertz CT molecular complexity index is 453. The van der Waals surface area contributed by atoms with Crippen LogP contribution in [0.5, 0.6) is 0 Å². The van der Waals surface area contributed by atoms with E-state index in [-0.39, 0.29) is 11.8 Å². The minimum Gasteiger partial charge on any atom is -0.469 e. The number of cyclic esters (lactones) is 1. The van der Waals surface area contributed by atoms with E-state index in [1.165, 1.54) is 14.0 Å². The smallest absolute Gasteiger partial charge is 0.331 e. The molecule has 1 N–H and O–H groups in total. The van der Waals surface area contributed by atoms with Crippen LogP contribution in [0.25, 0.3) is 0 Å². The van der Waals surface area contributed by atoms with Crippen LogP contribution in [0.4, 0.5) is 0 Å². The van der Waals surface area contributed by atoms with Gasteiger partial charge in [0.15, 0.2) is 11.8 Å². The molecule has 2 rings (SSSR count). The molecule has 0 aromatic heterocycles. The van der Waals surface area contributed by atoms with Gasteiger partial charge < -0.3 is 14.6 Å². The van der Waals surface area contributed by atoms with Gasteiger partial charge in [-0.25, -0.2) is 9.69 Å². The number of aliphatic hydroxyl groups is 1. The van der Waals surface area contributed by atoms with Crippen LogP contribution < -0.4 is 0 Å². The number of fused-ring (bicyclic) bond motifs is 1. The molecular formula is C15H25NO5. The maximum absolute atomic E-state index is 12.6. The minimum atomic E-state index is -1.52. The molecule has 120 valence electrons. The Morgan fingerprint density at radius 2 is 2.10 bits per heavy atom. The first kappa shape index (κ1) is 16.2. The van der Waals surface area contributed by atoms with Gasteiger partial charge in [-0.1, -0.05) is 20.8 Å². The summed E-state index contributed by atoms with van der Waals surface area (Å²) >= 11 is 0. The number of carbonyl (C=O) groups excluding carboxylic acids is 2. The number of methoxy groups -OCH3 is 1. The van der Waals surface area contributed by atoms with Gasteiger partial charge in [-0.15, -0.1) is 0 Å². The average Bonchev–Trinajstić information content (AvgIpc) is 2.88. The minimum absolute atomic E-state index is 0.230. The van der Waals surface area contributed by atoms with E-state index >= 15 is 0 Å². The highest BCUT2D eigenvalue weighted by Crippen LogP contribution is 2.50. The molecule has 0 aromatic carbocycles. The number of ether oxygens (including phenoxy) is 2. The number of esters is 2. The Morgan fingerprint density at radius 3 is 2.62 bits per heavy atom. The zero-order valence-electron chi connectivity index (χ0n) is 13.4. The summed E-state index contributed by atoms with van der Waals surface area (Å²) in [4.78, 5) is 26.1. The van der Waals surface area contributed by atoms with Crippen LogP contribution in [0, 0.1) is 5.41 Å². The van der Waals surface area contributed by atoms with Crippen LogP contribution in [0.3, 0.4) is 0 Å². The van der Waals surface area contributed by atoms with Crippen molar-refractivity contribution in [3.8, 4) is 0 Å². The fraction of sp³-hybridized carbons (Fsp3) is 0.867. The van der Waals surface area contributed by atoms with Gasteiger partial charge in [-0.2, -0.15) is 0 Å². The number of hydrogen-bond acceptors (Lipinski definition) is 6. The van der Waals surface area contributed by atoms with Gasteiger partial charge in [0.25, 0.3) is 0 Å². The molecule has 3 atom stereocenters. The quantitative estimate of drug-likeness (QED) is 0.785. The molecule has 0 aromatic rings. The van der Waals surface area contributed by atoms with Gasteiger partial charge >= 0.3 is 11.9 Å². The fourth-order valence-electron chi connectivity index (χ4n) is 3.58. The third kappa shape index (κ3) is 2.34. The molecular weight excluding hydrogens is 274 g/mol. The Hall–Kier alpha value is -1.14. The van der Waals surface area contributed by atoms with Crippen molar-refractivity contribution < 1.29 is 24.2 Å². The number of carbonyl (C=O) groups is 2. The predicted molar refractivity (Wildman–Crippen MR) is 75.3 cm³/mol. The first-order valence-corrected chi connectivity index (χ1v) is 7.33. The first-order valence-electron chi connectivity index (χ1n) is 7.33. The van der Waals surface area contributed by atoms with Gasteiger partial charge in [-0.3, -0.25) is 4.79 Å². The zero-order valence-corrected chi connectivity index (χ0v) is 13.4. The van der Waals surface area contributed by atoms with Gasteiger partial charge in [0.05, 0.1) is 13.5 Å². The van der Waals surface area contributed by atoms with Gasteiger partial charge in [0.1, 0.15) is 5.60 Å². The van der Waals surface area contributed by atoms with Crippen molar-refractivity contribution in [3.05, 3.63) is 0 Å². The molecule has 2 heterocycles. The Balaban J connectivity index is 2.39. The summed E-state index contributed by atoms with van der Waals surface area (Å²) in [5.74, 6) is -0.970. The highest BCUT2D eigenvalue weighted by molar-refractivity contribution is 5.86. The van der Waals surface area contributed by atoms with Gasteiger partial charge in [0, 0.05) is 12.0 Å². The lowest BCUT2D eigenvalue weighted by molar-refractivity contribution is -0.160. The van der Waals surface area contributed by atoms with E-state index < -0.39 is 29.3 Å². The molecule has 0 aliphatic carbocycles. The number of rotatable bonds is 3. The van der Waals surface area contributed by atoms with Crippen molar-refractivity contribution in [1.29, 1.82) is 0 Å². The van der Waals surface area contributed by atoms with Crippen LogP contribution in [0.1, 0.15) is 47.0 Å². The molecule has 0 bridgehead atoms.